The number of rotatable bonds is 6. The van der Waals surface area contributed by atoms with Crippen molar-refractivity contribution < 1.29 is 9.47 Å². The molecule has 1 aliphatic carbocycles. The second kappa shape index (κ2) is 5.89. The Labute approximate surface area is 112 Å². The largest absolute Gasteiger partial charge is 0.381 e. The van der Waals surface area contributed by atoms with Gasteiger partial charge in [0.1, 0.15) is 0 Å². The summed E-state index contributed by atoms with van der Waals surface area (Å²) in [5, 5.41) is 3.63. The summed E-state index contributed by atoms with van der Waals surface area (Å²) in [5.74, 6) is 0.849. The predicted molar refractivity (Wildman–Crippen MR) is 73.8 cm³/mol. The minimum Gasteiger partial charge on any atom is -0.381 e. The third-order valence-corrected chi connectivity index (χ3v) is 3.86. The summed E-state index contributed by atoms with van der Waals surface area (Å²) in [5.41, 5.74) is 0.362. The van der Waals surface area contributed by atoms with E-state index in [1.54, 1.807) is 0 Å². The lowest BCUT2D eigenvalue weighted by Gasteiger charge is -2.39. The summed E-state index contributed by atoms with van der Waals surface area (Å²) in [6.45, 7) is 11.2. The van der Waals surface area contributed by atoms with Gasteiger partial charge >= 0.3 is 0 Å². The average molecular weight is 255 g/mol. The van der Waals surface area contributed by atoms with E-state index in [-0.39, 0.29) is 11.0 Å². The van der Waals surface area contributed by atoms with Gasteiger partial charge < -0.3 is 14.8 Å². The highest BCUT2D eigenvalue weighted by atomic mass is 16.5. The highest BCUT2D eigenvalue weighted by Gasteiger charge is 2.35. The molecule has 2 rings (SSSR count). The first kappa shape index (κ1) is 14.3. The molecule has 0 radical (unpaired) electrons. The lowest BCUT2D eigenvalue weighted by Crippen LogP contribution is -2.49. The van der Waals surface area contributed by atoms with Gasteiger partial charge in [-0.15, -0.1) is 0 Å². The molecule has 2 fully saturated rings. The Kier molecular flexibility index (Phi) is 4.68. The molecule has 0 spiro atoms. The fourth-order valence-electron chi connectivity index (χ4n) is 2.39. The zero-order valence-corrected chi connectivity index (χ0v) is 12.3. The van der Waals surface area contributed by atoms with Crippen molar-refractivity contribution in [2.75, 3.05) is 33.0 Å². The number of nitrogens with one attached hydrogen (secondary N) is 1. The lowest BCUT2D eigenvalue weighted by molar-refractivity contribution is -0.0617. The smallest absolute Gasteiger partial charge is 0.0556 e. The van der Waals surface area contributed by atoms with E-state index in [1.165, 1.54) is 25.7 Å². The van der Waals surface area contributed by atoms with Crippen molar-refractivity contribution >= 4 is 0 Å². The molecule has 0 aromatic rings. The molecule has 3 nitrogen and oxygen atoms in total. The maximum Gasteiger partial charge on any atom is 0.0556 e. The molecule has 0 amide bonds. The maximum absolute atomic E-state index is 5.95. The molecular formula is C15H29NO2. The van der Waals surface area contributed by atoms with E-state index in [9.17, 15) is 0 Å². The molecule has 1 heterocycles. The average Bonchev–Trinajstić information content (AvgIpc) is 3.11. The van der Waals surface area contributed by atoms with Crippen LogP contribution in [0.15, 0.2) is 0 Å². The first-order valence-electron chi connectivity index (χ1n) is 7.40. The zero-order chi connectivity index (χ0) is 13.1. The van der Waals surface area contributed by atoms with Gasteiger partial charge in [-0.3, -0.25) is 0 Å². The van der Waals surface area contributed by atoms with Crippen molar-refractivity contribution in [3.05, 3.63) is 0 Å². The van der Waals surface area contributed by atoms with Crippen molar-refractivity contribution in [2.45, 2.75) is 52.0 Å². The highest BCUT2D eigenvalue weighted by Crippen LogP contribution is 2.32. The van der Waals surface area contributed by atoms with Crippen LogP contribution in [0.1, 0.15) is 46.5 Å². The molecule has 1 saturated heterocycles. The van der Waals surface area contributed by atoms with Crippen LogP contribution in [0, 0.1) is 11.3 Å². The Balaban J connectivity index is 1.80. The van der Waals surface area contributed by atoms with Crippen LogP contribution < -0.4 is 5.32 Å². The molecule has 0 bridgehead atoms. The van der Waals surface area contributed by atoms with Crippen LogP contribution in [-0.4, -0.2) is 38.5 Å². The van der Waals surface area contributed by atoms with Gasteiger partial charge in [-0.05, 0) is 52.4 Å². The van der Waals surface area contributed by atoms with E-state index in [0.29, 0.717) is 0 Å². The van der Waals surface area contributed by atoms with Gasteiger partial charge in [0, 0.05) is 30.7 Å². The predicted octanol–water partition coefficient (Wildman–Crippen LogP) is 2.60. The van der Waals surface area contributed by atoms with Crippen LogP contribution in [0.25, 0.3) is 0 Å². The fraction of sp³-hybridized carbons (Fsp3) is 1.00. The Hall–Kier alpha value is -0.120. The monoisotopic (exact) mass is 255 g/mol. The quantitative estimate of drug-likeness (QED) is 0.791. The normalized spacial score (nSPS) is 29.5. The third kappa shape index (κ3) is 4.87. The summed E-state index contributed by atoms with van der Waals surface area (Å²) in [7, 11) is 0. The van der Waals surface area contributed by atoms with E-state index < -0.39 is 0 Å². The first-order valence-corrected chi connectivity index (χ1v) is 7.40. The Bertz CT molecular complexity index is 250. The van der Waals surface area contributed by atoms with Crippen LogP contribution in [-0.2, 0) is 9.47 Å². The van der Waals surface area contributed by atoms with Crippen LogP contribution in [0.4, 0.5) is 0 Å². The van der Waals surface area contributed by atoms with Crippen molar-refractivity contribution in [3.63, 3.8) is 0 Å². The SMILES string of the molecule is CC(C)(C)NCC1(COCC2CC2)CCCOC1. The molecule has 0 aromatic carbocycles. The second-order valence-electron chi connectivity index (χ2n) is 7.22. The molecule has 1 aliphatic heterocycles. The van der Waals surface area contributed by atoms with Gasteiger partial charge in [-0.25, -0.2) is 0 Å². The van der Waals surface area contributed by atoms with Gasteiger partial charge in [0.2, 0.25) is 0 Å². The summed E-state index contributed by atoms with van der Waals surface area (Å²) in [4.78, 5) is 0. The van der Waals surface area contributed by atoms with Crippen molar-refractivity contribution in [2.24, 2.45) is 11.3 Å². The van der Waals surface area contributed by atoms with Crippen LogP contribution in [0.3, 0.4) is 0 Å². The van der Waals surface area contributed by atoms with Gasteiger partial charge in [-0.2, -0.15) is 0 Å². The molecule has 1 unspecified atom stereocenters. The summed E-state index contributed by atoms with van der Waals surface area (Å²) >= 11 is 0. The van der Waals surface area contributed by atoms with Gasteiger partial charge in [0.25, 0.3) is 0 Å². The topological polar surface area (TPSA) is 30.5 Å². The fourth-order valence-corrected chi connectivity index (χ4v) is 2.39. The minimum atomic E-state index is 0.168. The standard InChI is InChI=1S/C15H29NO2/c1-14(2,3)16-10-15(7-4-8-17-11-15)12-18-9-13-5-6-13/h13,16H,4-12H2,1-3H3. The lowest BCUT2D eigenvalue weighted by atomic mass is 9.82. The van der Waals surface area contributed by atoms with Crippen LogP contribution >= 0.6 is 0 Å². The molecular weight excluding hydrogens is 226 g/mol. The Morgan fingerprint density at radius 2 is 2.11 bits per heavy atom. The van der Waals surface area contributed by atoms with E-state index in [1.807, 2.05) is 0 Å². The molecule has 1 saturated carbocycles. The number of hydrogen-bond donors (Lipinski definition) is 1. The summed E-state index contributed by atoms with van der Waals surface area (Å²) in [6, 6.07) is 0. The maximum atomic E-state index is 5.95. The van der Waals surface area contributed by atoms with Gasteiger partial charge in [0.15, 0.2) is 0 Å². The summed E-state index contributed by atoms with van der Waals surface area (Å²) in [6.07, 6.45) is 5.12. The van der Waals surface area contributed by atoms with Crippen LogP contribution in [0.2, 0.25) is 0 Å². The van der Waals surface area contributed by atoms with E-state index >= 15 is 0 Å². The molecule has 18 heavy (non-hydrogen) atoms. The van der Waals surface area contributed by atoms with Crippen molar-refractivity contribution in [1.29, 1.82) is 0 Å². The Morgan fingerprint density at radius 1 is 1.33 bits per heavy atom. The molecule has 1 N–H and O–H groups in total. The third-order valence-electron chi connectivity index (χ3n) is 3.86. The summed E-state index contributed by atoms with van der Waals surface area (Å²) < 4.78 is 11.6. The van der Waals surface area contributed by atoms with Gasteiger partial charge in [-0.1, -0.05) is 0 Å². The van der Waals surface area contributed by atoms with Crippen molar-refractivity contribution in [1.82, 2.24) is 5.32 Å². The van der Waals surface area contributed by atoms with Gasteiger partial charge in [0.05, 0.1) is 13.2 Å². The highest BCUT2D eigenvalue weighted by molar-refractivity contribution is 4.87. The van der Waals surface area contributed by atoms with E-state index in [0.717, 1.165) is 38.9 Å². The molecule has 3 heteroatoms. The van der Waals surface area contributed by atoms with Crippen molar-refractivity contribution in [3.8, 4) is 0 Å². The van der Waals surface area contributed by atoms with Crippen LogP contribution in [0.5, 0.6) is 0 Å². The molecule has 2 aliphatic rings. The second-order valence-corrected chi connectivity index (χ2v) is 7.22. The van der Waals surface area contributed by atoms with E-state index in [2.05, 4.69) is 26.1 Å². The Morgan fingerprint density at radius 3 is 2.67 bits per heavy atom. The zero-order valence-electron chi connectivity index (χ0n) is 12.3. The minimum absolute atomic E-state index is 0.168. The molecule has 0 aromatic heterocycles. The molecule has 1 atom stereocenters. The number of hydrogen-bond acceptors (Lipinski definition) is 3. The molecule has 106 valence electrons. The first-order chi connectivity index (χ1) is 8.49. The number of ether oxygens (including phenoxy) is 2. The van der Waals surface area contributed by atoms with E-state index in [4.69, 9.17) is 9.47 Å².